The predicted octanol–water partition coefficient (Wildman–Crippen LogP) is 3.47. The van der Waals surface area contributed by atoms with E-state index in [2.05, 4.69) is 34.3 Å². The van der Waals surface area contributed by atoms with Crippen molar-refractivity contribution in [2.75, 3.05) is 11.9 Å². The van der Waals surface area contributed by atoms with E-state index in [0.29, 0.717) is 5.92 Å². The Morgan fingerprint density at radius 1 is 1.33 bits per heavy atom. The Kier molecular flexibility index (Phi) is 4.13. The first-order valence-corrected chi connectivity index (χ1v) is 7.81. The second-order valence-electron chi connectivity index (χ2n) is 5.68. The lowest BCUT2D eigenvalue weighted by Crippen LogP contribution is -2.16. The number of rotatable bonds is 4. The van der Waals surface area contributed by atoms with Gasteiger partial charge in [-0.15, -0.1) is 0 Å². The minimum absolute atomic E-state index is 0.304. The zero-order valence-corrected chi connectivity index (χ0v) is 12.8. The van der Waals surface area contributed by atoms with Crippen LogP contribution in [0.4, 0.5) is 5.95 Å². The Balaban J connectivity index is 1.95. The maximum Gasteiger partial charge on any atom is 0.223 e. The highest BCUT2D eigenvalue weighted by atomic mass is 15.1. The minimum Gasteiger partial charge on any atom is -0.354 e. The molecule has 0 bridgehead atoms. The molecule has 4 heteroatoms. The lowest BCUT2D eigenvalue weighted by atomic mass is 9.84. The fraction of sp³-hybridized carbons (Fsp3) is 0.471. The summed E-state index contributed by atoms with van der Waals surface area (Å²) in [5.41, 5.74) is 4.68. The number of aryl methyl sites for hydroxylation is 2. The van der Waals surface area contributed by atoms with Gasteiger partial charge in [0.2, 0.25) is 5.95 Å². The van der Waals surface area contributed by atoms with E-state index < -0.39 is 0 Å². The SMILES string of the molecule is CCCNc1nc(C)cc(C2CCCc3cccnc32)n1. The third kappa shape index (κ3) is 3.04. The molecule has 4 nitrogen and oxygen atoms in total. The fourth-order valence-corrected chi connectivity index (χ4v) is 2.98. The molecule has 21 heavy (non-hydrogen) atoms. The lowest BCUT2D eigenvalue weighted by Gasteiger charge is -2.24. The van der Waals surface area contributed by atoms with Gasteiger partial charge < -0.3 is 5.32 Å². The highest BCUT2D eigenvalue weighted by Crippen LogP contribution is 2.34. The van der Waals surface area contributed by atoms with Crippen LogP contribution in [0.15, 0.2) is 24.4 Å². The maximum absolute atomic E-state index is 4.73. The Bertz CT molecular complexity index is 624. The van der Waals surface area contributed by atoms with Crippen LogP contribution in [0.2, 0.25) is 0 Å². The highest BCUT2D eigenvalue weighted by Gasteiger charge is 2.24. The number of anilines is 1. The molecule has 1 atom stereocenters. The minimum atomic E-state index is 0.304. The van der Waals surface area contributed by atoms with Crippen molar-refractivity contribution in [2.24, 2.45) is 0 Å². The van der Waals surface area contributed by atoms with Crippen molar-refractivity contribution in [2.45, 2.75) is 45.4 Å². The van der Waals surface area contributed by atoms with Gasteiger partial charge in [-0.3, -0.25) is 4.98 Å². The highest BCUT2D eigenvalue weighted by molar-refractivity contribution is 5.36. The van der Waals surface area contributed by atoms with Gasteiger partial charge in [-0.1, -0.05) is 13.0 Å². The van der Waals surface area contributed by atoms with Crippen molar-refractivity contribution in [1.29, 1.82) is 0 Å². The summed E-state index contributed by atoms with van der Waals surface area (Å²) in [6, 6.07) is 6.32. The van der Waals surface area contributed by atoms with Gasteiger partial charge in [0.25, 0.3) is 0 Å². The summed E-state index contributed by atoms with van der Waals surface area (Å²) in [4.78, 5) is 13.8. The van der Waals surface area contributed by atoms with Crippen LogP contribution in [-0.4, -0.2) is 21.5 Å². The number of pyridine rings is 1. The zero-order valence-electron chi connectivity index (χ0n) is 12.8. The number of aromatic nitrogens is 3. The van der Waals surface area contributed by atoms with Gasteiger partial charge in [0, 0.05) is 24.4 Å². The van der Waals surface area contributed by atoms with Crippen molar-refractivity contribution < 1.29 is 0 Å². The molecule has 2 aromatic heterocycles. The first-order chi connectivity index (χ1) is 10.3. The normalized spacial score (nSPS) is 17.3. The third-order valence-electron chi connectivity index (χ3n) is 3.96. The van der Waals surface area contributed by atoms with Crippen LogP contribution in [0.5, 0.6) is 0 Å². The van der Waals surface area contributed by atoms with Gasteiger partial charge in [0.1, 0.15) is 0 Å². The molecule has 0 amide bonds. The van der Waals surface area contributed by atoms with E-state index in [1.54, 1.807) is 0 Å². The van der Waals surface area contributed by atoms with E-state index in [4.69, 9.17) is 4.98 Å². The van der Waals surface area contributed by atoms with Crippen LogP contribution in [0.1, 0.15) is 54.7 Å². The van der Waals surface area contributed by atoms with Crippen LogP contribution in [0.3, 0.4) is 0 Å². The van der Waals surface area contributed by atoms with E-state index in [1.807, 2.05) is 19.2 Å². The molecule has 1 N–H and O–H groups in total. The molecule has 1 aliphatic rings. The molecule has 0 fully saturated rings. The molecule has 0 saturated heterocycles. The molecule has 0 aromatic carbocycles. The Morgan fingerprint density at radius 2 is 2.24 bits per heavy atom. The van der Waals surface area contributed by atoms with Gasteiger partial charge in [0.05, 0.1) is 11.4 Å². The summed E-state index contributed by atoms with van der Waals surface area (Å²) in [7, 11) is 0. The number of hydrogen-bond donors (Lipinski definition) is 1. The fourth-order valence-electron chi connectivity index (χ4n) is 2.98. The third-order valence-corrected chi connectivity index (χ3v) is 3.96. The number of nitrogens with zero attached hydrogens (tertiary/aromatic N) is 3. The molecular formula is C17H22N4. The summed E-state index contributed by atoms with van der Waals surface area (Å²) in [6.07, 6.45) is 6.41. The van der Waals surface area contributed by atoms with Crippen LogP contribution in [0, 0.1) is 6.92 Å². The van der Waals surface area contributed by atoms with Gasteiger partial charge in [-0.2, -0.15) is 0 Å². The maximum atomic E-state index is 4.73. The average Bonchev–Trinajstić information content (AvgIpc) is 2.52. The monoisotopic (exact) mass is 282 g/mol. The van der Waals surface area contributed by atoms with Gasteiger partial charge in [-0.05, 0) is 50.3 Å². The van der Waals surface area contributed by atoms with Gasteiger partial charge in [-0.25, -0.2) is 9.97 Å². The first kappa shape index (κ1) is 14.0. The smallest absolute Gasteiger partial charge is 0.223 e. The summed E-state index contributed by atoms with van der Waals surface area (Å²) in [6.45, 7) is 5.08. The van der Waals surface area contributed by atoms with E-state index in [0.717, 1.165) is 43.1 Å². The van der Waals surface area contributed by atoms with E-state index in [-0.39, 0.29) is 0 Å². The van der Waals surface area contributed by atoms with Crippen LogP contribution >= 0.6 is 0 Å². The molecule has 0 saturated carbocycles. The Morgan fingerprint density at radius 3 is 3.10 bits per heavy atom. The second-order valence-corrected chi connectivity index (χ2v) is 5.68. The van der Waals surface area contributed by atoms with Gasteiger partial charge in [0.15, 0.2) is 0 Å². The summed E-state index contributed by atoms with van der Waals surface area (Å²) >= 11 is 0. The molecule has 2 heterocycles. The van der Waals surface area contributed by atoms with E-state index in [9.17, 15) is 0 Å². The molecule has 2 aromatic rings. The summed E-state index contributed by atoms with van der Waals surface area (Å²) in [5, 5.41) is 3.30. The zero-order chi connectivity index (χ0) is 14.7. The summed E-state index contributed by atoms with van der Waals surface area (Å²) < 4.78 is 0. The van der Waals surface area contributed by atoms with Crippen molar-refractivity contribution in [3.63, 3.8) is 0 Å². The Labute approximate surface area is 126 Å². The molecule has 110 valence electrons. The number of hydrogen-bond acceptors (Lipinski definition) is 4. The van der Waals surface area contributed by atoms with Crippen molar-refractivity contribution >= 4 is 5.95 Å². The first-order valence-electron chi connectivity index (χ1n) is 7.81. The molecular weight excluding hydrogens is 260 g/mol. The molecule has 0 radical (unpaired) electrons. The Hall–Kier alpha value is -1.97. The predicted molar refractivity (Wildman–Crippen MR) is 84.6 cm³/mol. The summed E-state index contributed by atoms with van der Waals surface area (Å²) in [5.74, 6) is 1.05. The van der Waals surface area contributed by atoms with Crippen LogP contribution < -0.4 is 5.32 Å². The lowest BCUT2D eigenvalue weighted by molar-refractivity contribution is 0.586. The van der Waals surface area contributed by atoms with E-state index in [1.165, 1.54) is 17.7 Å². The van der Waals surface area contributed by atoms with Crippen molar-refractivity contribution in [3.8, 4) is 0 Å². The number of nitrogens with one attached hydrogen (secondary N) is 1. The number of fused-ring (bicyclic) bond motifs is 1. The van der Waals surface area contributed by atoms with Crippen LogP contribution in [0.25, 0.3) is 0 Å². The largest absolute Gasteiger partial charge is 0.354 e. The molecule has 0 spiro atoms. The molecule has 1 aliphatic carbocycles. The van der Waals surface area contributed by atoms with E-state index >= 15 is 0 Å². The standard InChI is InChI=1S/C17H22N4/c1-3-9-19-17-20-12(2)11-15(21-17)14-8-4-6-13-7-5-10-18-16(13)14/h5,7,10-11,14H,3-4,6,8-9H2,1-2H3,(H,19,20,21). The second kappa shape index (κ2) is 6.20. The quantitative estimate of drug-likeness (QED) is 0.933. The van der Waals surface area contributed by atoms with Gasteiger partial charge >= 0.3 is 0 Å². The molecule has 1 unspecified atom stereocenters. The average molecular weight is 282 g/mol. The van der Waals surface area contributed by atoms with Crippen LogP contribution in [-0.2, 0) is 6.42 Å². The molecule has 0 aliphatic heterocycles. The molecule has 3 rings (SSSR count). The topological polar surface area (TPSA) is 50.7 Å². The van der Waals surface area contributed by atoms with Crippen molar-refractivity contribution in [1.82, 2.24) is 15.0 Å². The van der Waals surface area contributed by atoms with Crippen molar-refractivity contribution in [3.05, 3.63) is 47.0 Å².